The fourth-order valence-electron chi connectivity index (χ4n) is 2.20. The number of hydrogen-bond donors (Lipinski definition) is 2. The fourth-order valence-corrected chi connectivity index (χ4v) is 2.20. The zero-order valence-electron chi connectivity index (χ0n) is 9.65. The van der Waals surface area contributed by atoms with E-state index in [0.29, 0.717) is 12.8 Å². The second-order valence-corrected chi connectivity index (χ2v) is 4.44. The quantitative estimate of drug-likeness (QED) is 0.851. The SMILES string of the molecule is O=C(NC1(C(=O)O)CCCC1)c1cncc(F)c1. The molecule has 2 rings (SSSR count). The molecule has 1 saturated carbocycles. The lowest BCUT2D eigenvalue weighted by Gasteiger charge is -2.25. The molecule has 18 heavy (non-hydrogen) atoms. The summed E-state index contributed by atoms with van der Waals surface area (Å²) in [6.45, 7) is 0. The van der Waals surface area contributed by atoms with Crippen molar-refractivity contribution in [2.75, 3.05) is 0 Å². The lowest BCUT2D eigenvalue weighted by molar-refractivity contribution is -0.144. The van der Waals surface area contributed by atoms with Crippen LogP contribution in [0.4, 0.5) is 4.39 Å². The molecule has 0 radical (unpaired) electrons. The van der Waals surface area contributed by atoms with Gasteiger partial charge in [-0.2, -0.15) is 0 Å². The summed E-state index contributed by atoms with van der Waals surface area (Å²) >= 11 is 0. The van der Waals surface area contributed by atoms with Gasteiger partial charge in [0.15, 0.2) is 0 Å². The summed E-state index contributed by atoms with van der Waals surface area (Å²) in [4.78, 5) is 26.7. The van der Waals surface area contributed by atoms with E-state index in [1.165, 1.54) is 6.20 Å². The Labute approximate surface area is 103 Å². The summed E-state index contributed by atoms with van der Waals surface area (Å²) in [5, 5.41) is 11.7. The number of nitrogens with zero attached hydrogens (tertiary/aromatic N) is 1. The van der Waals surface area contributed by atoms with Crippen molar-refractivity contribution in [2.45, 2.75) is 31.2 Å². The molecule has 1 aromatic rings. The van der Waals surface area contributed by atoms with E-state index in [1.54, 1.807) is 0 Å². The topological polar surface area (TPSA) is 79.3 Å². The van der Waals surface area contributed by atoms with Crippen LogP contribution in [0.3, 0.4) is 0 Å². The molecule has 1 aromatic heterocycles. The standard InChI is InChI=1S/C12H13FN2O3/c13-9-5-8(6-14-7-9)10(16)15-12(11(17)18)3-1-2-4-12/h5-7H,1-4H2,(H,15,16)(H,17,18). The third kappa shape index (κ3) is 2.32. The molecule has 2 N–H and O–H groups in total. The van der Waals surface area contributed by atoms with Gasteiger partial charge in [0, 0.05) is 6.20 Å². The number of carbonyl (C=O) groups excluding carboxylic acids is 1. The molecule has 0 bridgehead atoms. The summed E-state index contributed by atoms with van der Waals surface area (Å²) in [6, 6.07) is 1.03. The van der Waals surface area contributed by atoms with Crippen molar-refractivity contribution in [2.24, 2.45) is 0 Å². The molecule has 0 saturated heterocycles. The largest absolute Gasteiger partial charge is 0.480 e. The van der Waals surface area contributed by atoms with Crippen molar-refractivity contribution in [1.29, 1.82) is 0 Å². The van der Waals surface area contributed by atoms with Crippen LogP contribution in [-0.4, -0.2) is 27.5 Å². The first-order chi connectivity index (χ1) is 8.53. The van der Waals surface area contributed by atoms with Crippen LogP contribution in [0.5, 0.6) is 0 Å². The Morgan fingerprint density at radius 1 is 1.33 bits per heavy atom. The van der Waals surface area contributed by atoms with Crippen LogP contribution in [0.25, 0.3) is 0 Å². The molecule has 1 aliphatic carbocycles. The zero-order valence-corrected chi connectivity index (χ0v) is 9.65. The van der Waals surface area contributed by atoms with Gasteiger partial charge >= 0.3 is 5.97 Å². The van der Waals surface area contributed by atoms with E-state index in [4.69, 9.17) is 0 Å². The van der Waals surface area contributed by atoms with Gasteiger partial charge in [-0.05, 0) is 18.9 Å². The number of amides is 1. The Hall–Kier alpha value is -1.98. The van der Waals surface area contributed by atoms with Gasteiger partial charge in [0.25, 0.3) is 5.91 Å². The lowest BCUT2D eigenvalue weighted by Crippen LogP contribution is -2.52. The first-order valence-electron chi connectivity index (χ1n) is 5.70. The van der Waals surface area contributed by atoms with Crippen molar-refractivity contribution in [3.05, 3.63) is 29.8 Å². The number of halogens is 1. The molecule has 0 atom stereocenters. The van der Waals surface area contributed by atoms with E-state index >= 15 is 0 Å². The maximum Gasteiger partial charge on any atom is 0.329 e. The molecular weight excluding hydrogens is 239 g/mol. The van der Waals surface area contributed by atoms with Gasteiger partial charge in [-0.1, -0.05) is 12.8 Å². The number of rotatable bonds is 3. The first kappa shape index (κ1) is 12.5. The Morgan fingerprint density at radius 3 is 2.56 bits per heavy atom. The highest BCUT2D eigenvalue weighted by atomic mass is 19.1. The molecule has 0 aromatic carbocycles. The van der Waals surface area contributed by atoms with Gasteiger partial charge in [-0.25, -0.2) is 9.18 Å². The third-order valence-electron chi connectivity index (χ3n) is 3.19. The number of aromatic nitrogens is 1. The molecule has 1 aliphatic rings. The van der Waals surface area contributed by atoms with E-state index in [0.717, 1.165) is 25.1 Å². The molecule has 96 valence electrons. The van der Waals surface area contributed by atoms with E-state index in [2.05, 4.69) is 10.3 Å². The summed E-state index contributed by atoms with van der Waals surface area (Å²) < 4.78 is 12.9. The van der Waals surface area contributed by atoms with E-state index in [9.17, 15) is 19.1 Å². The average Bonchev–Trinajstić information content (AvgIpc) is 2.79. The van der Waals surface area contributed by atoms with Crippen LogP contribution in [0.1, 0.15) is 36.0 Å². The number of carbonyl (C=O) groups is 2. The summed E-state index contributed by atoms with van der Waals surface area (Å²) in [5.74, 6) is -2.28. The molecule has 6 heteroatoms. The molecule has 0 unspecified atom stereocenters. The predicted octanol–water partition coefficient (Wildman–Crippen LogP) is 1.35. The van der Waals surface area contributed by atoms with E-state index in [1.807, 2.05) is 0 Å². The van der Waals surface area contributed by atoms with Crippen LogP contribution in [-0.2, 0) is 4.79 Å². The Balaban J connectivity index is 2.18. The molecule has 1 amide bonds. The average molecular weight is 252 g/mol. The van der Waals surface area contributed by atoms with Gasteiger partial charge in [-0.15, -0.1) is 0 Å². The van der Waals surface area contributed by atoms with E-state index < -0.39 is 23.2 Å². The minimum Gasteiger partial charge on any atom is -0.480 e. The lowest BCUT2D eigenvalue weighted by atomic mass is 9.97. The van der Waals surface area contributed by atoms with Crippen molar-refractivity contribution in [1.82, 2.24) is 10.3 Å². The molecule has 0 aliphatic heterocycles. The predicted molar refractivity (Wildman–Crippen MR) is 60.5 cm³/mol. The maximum absolute atomic E-state index is 12.9. The minimum atomic E-state index is -1.22. The van der Waals surface area contributed by atoms with E-state index in [-0.39, 0.29) is 5.56 Å². The number of aliphatic carboxylic acids is 1. The highest BCUT2D eigenvalue weighted by Gasteiger charge is 2.42. The highest BCUT2D eigenvalue weighted by molar-refractivity contribution is 5.97. The van der Waals surface area contributed by atoms with Crippen molar-refractivity contribution < 1.29 is 19.1 Å². The third-order valence-corrected chi connectivity index (χ3v) is 3.19. The van der Waals surface area contributed by atoms with Gasteiger partial charge in [0.05, 0.1) is 11.8 Å². The normalized spacial score (nSPS) is 17.4. The summed E-state index contributed by atoms with van der Waals surface area (Å²) in [5.41, 5.74) is -1.19. The van der Waals surface area contributed by atoms with Gasteiger partial charge in [0.1, 0.15) is 11.4 Å². The van der Waals surface area contributed by atoms with Crippen LogP contribution in [0.15, 0.2) is 18.5 Å². The van der Waals surface area contributed by atoms with Gasteiger partial charge in [-0.3, -0.25) is 9.78 Å². The highest BCUT2D eigenvalue weighted by Crippen LogP contribution is 2.30. The van der Waals surface area contributed by atoms with Crippen LogP contribution in [0.2, 0.25) is 0 Å². The Bertz CT molecular complexity index is 484. The molecule has 5 nitrogen and oxygen atoms in total. The maximum atomic E-state index is 12.9. The molecular formula is C12H13FN2O3. The van der Waals surface area contributed by atoms with Crippen molar-refractivity contribution in [3.8, 4) is 0 Å². The van der Waals surface area contributed by atoms with Crippen LogP contribution in [0, 0.1) is 5.82 Å². The minimum absolute atomic E-state index is 0.0301. The van der Waals surface area contributed by atoms with Crippen molar-refractivity contribution in [3.63, 3.8) is 0 Å². The van der Waals surface area contributed by atoms with Gasteiger partial charge in [0.2, 0.25) is 0 Å². The summed E-state index contributed by atoms with van der Waals surface area (Å²) in [6.07, 6.45) is 4.51. The van der Waals surface area contributed by atoms with Crippen LogP contribution >= 0.6 is 0 Å². The number of hydrogen-bond acceptors (Lipinski definition) is 3. The zero-order chi connectivity index (χ0) is 13.2. The molecule has 1 fully saturated rings. The van der Waals surface area contributed by atoms with Crippen molar-refractivity contribution >= 4 is 11.9 Å². The molecule has 0 spiro atoms. The Kier molecular flexibility index (Phi) is 3.27. The number of carboxylic acids is 1. The second-order valence-electron chi connectivity index (χ2n) is 4.44. The number of carboxylic acid groups (broad SMARTS) is 1. The fraction of sp³-hybridized carbons (Fsp3) is 0.417. The number of nitrogens with one attached hydrogen (secondary N) is 1. The summed E-state index contributed by atoms with van der Waals surface area (Å²) in [7, 11) is 0. The monoisotopic (exact) mass is 252 g/mol. The first-order valence-corrected chi connectivity index (χ1v) is 5.70. The van der Waals surface area contributed by atoms with Crippen LogP contribution < -0.4 is 5.32 Å². The van der Waals surface area contributed by atoms with Gasteiger partial charge < -0.3 is 10.4 Å². The molecule has 1 heterocycles. The smallest absolute Gasteiger partial charge is 0.329 e. The second kappa shape index (κ2) is 4.72. The Morgan fingerprint density at radius 2 is 2.00 bits per heavy atom. The number of pyridine rings is 1.